The summed E-state index contributed by atoms with van der Waals surface area (Å²) < 4.78 is 0. The number of unbranched alkanes of at least 4 members (excludes halogenated alkanes) is 7. The van der Waals surface area contributed by atoms with Crippen LogP contribution < -0.4 is 0 Å². The maximum absolute atomic E-state index is 2.42. The maximum Gasteiger partial charge on any atom is 0.0412 e. The SMILES string of the molecule is CCCCCCCCCC[Si](C)C.I. The van der Waals surface area contributed by atoms with Gasteiger partial charge in [0.15, 0.2) is 0 Å². The van der Waals surface area contributed by atoms with Gasteiger partial charge in [-0.1, -0.05) is 77.4 Å². The average Bonchev–Trinajstić information content (AvgIpc) is 2.09. The van der Waals surface area contributed by atoms with E-state index in [1.54, 1.807) is 0 Å². The normalized spacial score (nSPS) is 10.3. The molecule has 0 aliphatic rings. The molecule has 0 aliphatic carbocycles. The van der Waals surface area contributed by atoms with Gasteiger partial charge in [-0.15, -0.1) is 24.0 Å². The van der Waals surface area contributed by atoms with Gasteiger partial charge in [0, 0.05) is 8.80 Å². The van der Waals surface area contributed by atoms with Gasteiger partial charge in [-0.3, -0.25) is 0 Å². The van der Waals surface area contributed by atoms with Crippen molar-refractivity contribution in [3.05, 3.63) is 0 Å². The highest BCUT2D eigenvalue weighted by molar-refractivity contribution is 14.0. The lowest BCUT2D eigenvalue weighted by Crippen LogP contribution is -1.97. The molecule has 0 saturated heterocycles. The molecule has 0 unspecified atom stereocenters. The number of hydrogen-bond donors (Lipinski definition) is 0. The molecule has 0 aromatic rings. The summed E-state index contributed by atoms with van der Waals surface area (Å²) >= 11 is 0. The van der Waals surface area contributed by atoms with Crippen molar-refractivity contribution in [1.29, 1.82) is 0 Å². The van der Waals surface area contributed by atoms with Crippen LogP contribution in [0, 0.1) is 0 Å². The molecule has 0 rings (SSSR count). The van der Waals surface area contributed by atoms with Crippen molar-refractivity contribution in [2.45, 2.75) is 77.4 Å². The standard InChI is InChI=1S/C12H27Si.HI/c1-4-5-6-7-8-9-10-11-12-13(2)3;/h4-12H2,1-3H3;1H. The van der Waals surface area contributed by atoms with E-state index in [1.165, 1.54) is 57.4 Å². The van der Waals surface area contributed by atoms with Crippen LogP contribution in [0.4, 0.5) is 0 Å². The minimum atomic E-state index is 0. The molecular weight excluding hydrogens is 299 g/mol. The Bertz CT molecular complexity index is 94.3. The molecule has 0 saturated carbocycles. The lowest BCUT2D eigenvalue weighted by Gasteiger charge is -2.02. The lowest BCUT2D eigenvalue weighted by atomic mass is 10.1. The van der Waals surface area contributed by atoms with E-state index in [9.17, 15) is 0 Å². The molecule has 14 heavy (non-hydrogen) atoms. The molecule has 0 aromatic carbocycles. The monoisotopic (exact) mass is 327 g/mol. The van der Waals surface area contributed by atoms with Crippen LogP contribution in [0.3, 0.4) is 0 Å². The fourth-order valence-corrected chi connectivity index (χ4v) is 2.57. The number of rotatable bonds is 9. The third kappa shape index (κ3) is 15.4. The van der Waals surface area contributed by atoms with Crippen molar-refractivity contribution in [2.75, 3.05) is 0 Å². The second kappa shape index (κ2) is 13.9. The third-order valence-corrected chi connectivity index (χ3v) is 3.88. The minimum absolute atomic E-state index is 0. The van der Waals surface area contributed by atoms with Crippen molar-refractivity contribution in [3.8, 4) is 0 Å². The summed E-state index contributed by atoms with van der Waals surface area (Å²) in [4.78, 5) is 0. The van der Waals surface area contributed by atoms with Gasteiger partial charge < -0.3 is 0 Å². The Hall–Kier alpha value is 0.947. The van der Waals surface area contributed by atoms with Gasteiger partial charge >= 0.3 is 0 Å². The Balaban J connectivity index is 0. The van der Waals surface area contributed by atoms with E-state index in [1.807, 2.05) is 0 Å². The van der Waals surface area contributed by atoms with E-state index in [0.717, 1.165) is 0 Å². The maximum atomic E-state index is 2.42. The van der Waals surface area contributed by atoms with Crippen LogP contribution in [-0.4, -0.2) is 8.80 Å². The largest absolute Gasteiger partial charge is 0.107 e. The van der Waals surface area contributed by atoms with Crippen LogP contribution in [0.5, 0.6) is 0 Å². The molecule has 0 nitrogen and oxygen atoms in total. The quantitative estimate of drug-likeness (QED) is 0.298. The van der Waals surface area contributed by atoms with Crippen LogP contribution in [0.25, 0.3) is 0 Å². The lowest BCUT2D eigenvalue weighted by molar-refractivity contribution is 0.584. The molecule has 0 aliphatic heterocycles. The highest BCUT2D eigenvalue weighted by atomic mass is 127. The Morgan fingerprint density at radius 3 is 1.57 bits per heavy atom. The zero-order valence-electron chi connectivity index (χ0n) is 10.3. The molecule has 87 valence electrons. The summed E-state index contributed by atoms with van der Waals surface area (Å²) in [7, 11) is 0.0644. The number of hydrogen-bond acceptors (Lipinski definition) is 0. The predicted molar refractivity (Wildman–Crippen MR) is 80.3 cm³/mol. The van der Waals surface area contributed by atoms with Gasteiger partial charge in [-0.25, -0.2) is 0 Å². The smallest absolute Gasteiger partial charge is 0.0412 e. The van der Waals surface area contributed by atoms with Crippen molar-refractivity contribution < 1.29 is 0 Å². The van der Waals surface area contributed by atoms with Gasteiger partial charge in [0.2, 0.25) is 0 Å². The molecule has 0 amide bonds. The van der Waals surface area contributed by atoms with Crippen molar-refractivity contribution in [2.24, 2.45) is 0 Å². The Morgan fingerprint density at radius 1 is 0.714 bits per heavy atom. The first-order chi connectivity index (χ1) is 6.27. The first kappa shape index (κ1) is 17.3. The summed E-state index contributed by atoms with van der Waals surface area (Å²) in [5, 5.41) is 0. The highest BCUT2D eigenvalue weighted by Gasteiger charge is 1.95. The predicted octanol–water partition coefficient (Wildman–Crippen LogP) is 5.50. The first-order valence-corrected chi connectivity index (χ1v) is 8.77. The van der Waals surface area contributed by atoms with Crippen molar-refractivity contribution in [3.63, 3.8) is 0 Å². The summed E-state index contributed by atoms with van der Waals surface area (Å²) in [6.45, 7) is 7.13. The molecule has 1 radical (unpaired) electrons. The first-order valence-electron chi connectivity index (χ1n) is 6.06. The van der Waals surface area contributed by atoms with Gasteiger partial charge in [0.25, 0.3) is 0 Å². The van der Waals surface area contributed by atoms with Gasteiger partial charge in [0.05, 0.1) is 0 Å². The molecular formula is C12H28ISi. The van der Waals surface area contributed by atoms with Gasteiger partial charge in [0.1, 0.15) is 0 Å². The Kier molecular flexibility index (Phi) is 17.3. The van der Waals surface area contributed by atoms with Crippen molar-refractivity contribution >= 4 is 32.8 Å². The molecule has 2 heteroatoms. The summed E-state index contributed by atoms with van der Waals surface area (Å²) in [6.07, 6.45) is 11.7. The summed E-state index contributed by atoms with van der Waals surface area (Å²) in [5.41, 5.74) is 0. The average molecular weight is 327 g/mol. The summed E-state index contributed by atoms with van der Waals surface area (Å²) in [5.74, 6) is 0. The number of halogens is 1. The van der Waals surface area contributed by atoms with Gasteiger partial charge in [-0.2, -0.15) is 0 Å². The van der Waals surface area contributed by atoms with Crippen LogP contribution in [-0.2, 0) is 0 Å². The van der Waals surface area contributed by atoms with E-state index in [-0.39, 0.29) is 32.8 Å². The highest BCUT2D eigenvalue weighted by Crippen LogP contribution is 2.10. The van der Waals surface area contributed by atoms with E-state index < -0.39 is 0 Å². The molecule has 0 N–H and O–H groups in total. The second-order valence-electron chi connectivity index (χ2n) is 4.43. The Morgan fingerprint density at radius 2 is 1.14 bits per heavy atom. The van der Waals surface area contributed by atoms with Crippen LogP contribution in [0.2, 0.25) is 19.1 Å². The van der Waals surface area contributed by atoms with Crippen molar-refractivity contribution in [1.82, 2.24) is 0 Å². The van der Waals surface area contributed by atoms with Gasteiger partial charge in [-0.05, 0) is 0 Å². The van der Waals surface area contributed by atoms with E-state index >= 15 is 0 Å². The molecule has 0 atom stereocenters. The molecule has 0 fully saturated rings. The molecule has 0 spiro atoms. The van der Waals surface area contributed by atoms with E-state index in [0.29, 0.717) is 0 Å². The van der Waals surface area contributed by atoms with Crippen LogP contribution in [0.15, 0.2) is 0 Å². The fourth-order valence-electron chi connectivity index (χ4n) is 1.61. The van der Waals surface area contributed by atoms with E-state index in [2.05, 4.69) is 20.0 Å². The van der Waals surface area contributed by atoms with E-state index in [4.69, 9.17) is 0 Å². The second-order valence-corrected chi connectivity index (χ2v) is 7.35. The zero-order chi connectivity index (χ0) is 9.94. The topological polar surface area (TPSA) is 0 Å². The third-order valence-electron chi connectivity index (χ3n) is 2.53. The molecule has 0 heterocycles. The summed E-state index contributed by atoms with van der Waals surface area (Å²) in [6, 6.07) is 1.53. The minimum Gasteiger partial charge on any atom is -0.107 e. The van der Waals surface area contributed by atoms with Crippen LogP contribution in [0.1, 0.15) is 58.3 Å². The van der Waals surface area contributed by atoms with Crippen LogP contribution >= 0.6 is 24.0 Å². The fraction of sp³-hybridized carbons (Fsp3) is 1.00. The molecule has 0 aromatic heterocycles. The Labute approximate surface area is 110 Å². The molecule has 0 bridgehead atoms. The zero-order valence-corrected chi connectivity index (χ0v) is 13.6.